The van der Waals surface area contributed by atoms with Gasteiger partial charge in [0.15, 0.2) is 0 Å². The van der Waals surface area contributed by atoms with Gasteiger partial charge in [-0.3, -0.25) is 4.98 Å². The molecule has 0 radical (unpaired) electrons. The molecule has 98 valence electrons. The van der Waals surface area contributed by atoms with E-state index in [1.165, 1.54) is 31.2 Å². The zero-order valence-electron chi connectivity index (χ0n) is 11.2. The van der Waals surface area contributed by atoms with E-state index in [1.54, 1.807) is 0 Å². The lowest BCUT2D eigenvalue weighted by molar-refractivity contribution is 0.337. The summed E-state index contributed by atoms with van der Waals surface area (Å²) in [5, 5.41) is 3.77. The second-order valence-corrected chi connectivity index (χ2v) is 5.33. The number of nitrogens with zero attached hydrogens (tertiary/aromatic N) is 1. The first-order chi connectivity index (χ1) is 9.39. The van der Waals surface area contributed by atoms with Crippen LogP contribution in [0.2, 0.25) is 0 Å². The fourth-order valence-electron chi connectivity index (χ4n) is 3.07. The second-order valence-electron chi connectivity index (χ2n) is 5.33. The van der Waals surface area contributed by atoms with E-state index in [0.717, 1.165) is 12.2 Å². The fraction of sp³-hybridized carbons (Fsp3) is 0.353. The molecule has 1 heterocycles. The Morgan fingerprint density at radius 1 is 0.947 bits per heavy atom. The van der Waals surface area contributed by atoms with Crippen LogP contribution in [0, 0.1) is 0 Å². The molecule has 0 bridgehead atoms. The van der Waals surface area contributed by atoms with Crippen molar-refractivity contribution in [3.05, 3.63) is 66.0 Å². The summed E-state index contributed by atoms with van der Waals surface area (Å²) >= 11 is 0. The van der Waals surface area contributed by atoms with Gasteiger partial charge in [0.05, 0.1) is 5.69 Å². The third-order valence-corrected chi connectivity index (χ3v) is 4.12. The van der Waals surface area contributed by atoms with E-state index in [4.69, 9.17) is 0 Å². The average molecular weight is 252 g/mol. The summed E-state index contributed by atoms with van der Waals surface area (Å²) < 4.78 is 0. The van der Waals surface area contributed by atoms with Gasteiger partial charge in [-0.15, -0.1) is 0 Å². The number of pyridine rings is 1. The zero-order valence-corrected chi connectivity index (χ0v) is 11.2. The molecule has 1 N–H and O–H groups in total. The smallest absolute Gasteiger partial charge is 0.0541 e. The summed E-state index contributed by atoms with van der Waals surface area (Å²) in [4.78, 5) is 4.40. The Balaban J connectivity index is 1.78. The Morgan fingerprint density at radius 2 is 1.68 bits per heavy atom. The van der Waals surface area contributed by atoms with Gasteiger partial charge in [-0.2, -0.15) is 0 Å². The summed E-state index contributed by atoms with van der Waals surface area (Å²) in [6.45, 7) is 0.843. The predicted molar refractivity (Wildman–Crippen MR) is 77.7 cm³/mol. The highest BCUT2D eigenvalue weighted by Crippen LogP contribution is 2.38. The maximum atomic E-state index is 4.40. The minimum absolute atomic E-state index is 0.152. The Hall–Kier alpha value is -1.67. The molecule has 3 rings (SSSR count). The van der Waals surface area contributed by atoms with E-state index in [1.807, 2.05) is 18.3 Å². The van der Waals surface area contributed by atoms with Crippen LogP contribution in [0.15, 0.2) is 54.7 Å². The molecule has 0 unspecified atom stereocenters. The summed E-state index contributed by atoms with van der Waals surface area (Å²) in [5.41, 5.74) is 2.69. The molecule has 0 atom stereocenters. The van der Waals surface area contributed by atoms with Gasteiger partial charge in [-0.05, 0) is 30.5 Å². The highest BCUT2D eigenvalue weighted by atomic mass is 15.0. The van der Waals surface area contributed by atoms with Gasteiger partial charge in [0.25, 0.3) is 0 Å². The third kappa shape index (κ3) is 2.69. The Kier molecular flexibility index (Phi) is 3.60. The topological polar surface area (TPSA) is 24.9 Å². The van der Waals surface area contributed by atoms with Gasteiger partial charge in [-0.25, -0.2) is 0 Å². The van der Waals surface area contributed by atoms with Crippen LogP contribution < -0.4 is 5.32 Å². The van der Waals surface area contributed by atoms with Crippen LogP contribution in [0.4, 0.5) is 0 Å². The van der Waals surface area contributed by atoms with E-state index in [9.17, 15) is 0 Å². The first kappa shape index (κ1) is 12.4. The van der Waals surface area contributed by atoms with E-state index in [0.29, 0.717) is 0 Å². The number of nitrogens with one attached hydrogen (secondary N) is 1. The van der Waals surface area contributed by atoms with Crippen molar-refractivity contribution in [1.82, 2.24) is 10.3 Å². The van der Waals surface area contributed by atoms with Crippen LogP contribution in [-0.2, 0) is 12.1 Å². The molecule has 0 amide bonds. The number of hydrogen-bond donors (Lipinski definition) is 1. The number of benzene rings is 1. The molecule has 1 aromatic carbocycles. The standard InChI is InChI=1S/C17H20N2/c1-2-8-15(9-3-1)17(11-5-6-12-17)19-14-16-10-4-7-13-18-16/h1-4,7-10,13,19H,5-6,11-12,14H2. The van der Waals surface area contributed by atoms with Crippen molar-refractivity contribution in [3.63, 3.8) is 0 Å². The van der Waals surface area contributed by atoms with Gasteiger partial charge < -0.3 is 5.32 Å². The quantitative estimate of drug-likeness (QED) is 0.898. The van der Waals surface area contributed by atoms with E-state index in [-0.39, 0.29) is 5.54 Å². The lowest BCUT2D eigenvalue weighted by atomic mass is 9.88. The van der Waals surface area contributed by atoms with Crippen molar-refractivity contribution in [3.8, 4) is 0 Å². The van der Waals surface area contributed by atoms with Gasteiger partial charge in [0.2, 0.25) is 0 Å². The SMILES string of the molecule is c1ccc(C2(NCc3ccccn3)CCCC2)cc1. The van der Waals surface area contributed by atoms with Gasteiger partial charge in [0, 0.05) is 18.3 Å². The molecule has 0 spiro atoms. The molecule has 0 saturated heterocycles. The summed E-state index contributed by atoms with van der Waals surface area (Å²) in [7, 11) is 0. The van der Waals surface area contributed by atoms with E-state index >= 15 is 0 Å². The summed E-state index contributed by atoms with van der Waals surface area (Å²) in [5.74, 6) is 0. The molecule has 1 fully saturated rings. The minimum Gasteiger partial charge on any atom is -0.302 e. The largest absolute Gasteiger partial charge is 0.302 e. The molecule has 1 aliphatic rings. The third-order valence-electron chi connectivity index (χ3n) is 4.12. The predicted octanol–water partition coefficient (Wildman–Crippen LogP) is 3.64. The van der Waals surface area contributed by atoms with Crippen LogP contribution in [0.3, 0.4) is 0 Å². The van der Waals surface area contributed by atoms with Crippen LogP contribution >= 0.6 is 0 Å². The first-order valence-corrected chi connectivity index (χ1v) is 7.10. The molecule has 0 aliphatic heterocycles. The number of aromatic nitrogens is 1. The van der Waals surface area contributed by atoms with Gasteiger partial charge in [0.1, 0.15) is 0 Å². The first-order valence-electron chi connectivity index (χ1n) is 7.10. The Morgan fingerprint density at radius 3 is 2.37 bits per heavy atom. The van der Waals surface area contributed by atoms with E-state index in [2.05, 4.69) is 46.7 Å². The Bertz CT molecular complexity index is 501. The number of rotatable bonds is 4. The lowest BCUT2D eigenvalue weighted by Gasteiger charge is -2.31. The molecule has 2 heteroatoms. The molecule has 2 aromatic rings. The lowest BCUT2D eigenvalue weighted by Crippen LogP contribution is -2.39. The van der Waals surface area contributed by atoms with Crippen LogP contribution in [-0.4, -0.2) is 4.98 Å². The highest BCUT2D eigenvalue weighted by molar-refractivity contribution is 5.26. The maximum absolute atomic E-state index is 4.40. The average Bonchev–Trinajstić information content (AvgIpc) is 2.97. The van der Waals surface area contributed by atoms with Crippen LogP contribution in [0.5, 0.6) is 0 Å². The van der Waals surface area contributed by atoms with Crippen LogP contribution in [0.1, 0.15) is 36.9 Å². The zero-order chi connectivity index (χ0) is 13.0. The molecular weight excluding hydrogens is 232 g/mol. The number of hydrogen-bond acceptors (Lipinski definition) is 2. The van der Waals surface area contributed by atoms with Crippen molar-refractivity contribution < 1.29 is 0 Å². The molecule has 1 aromatic heterocycles. The molecular formula is C17H20N2. The maximum Gasteiger partial charge on any atom is 0.0541 e. The highest BCUT2D eigenvalue weighted by Gasteiger charge is 2.34. The van der Waals surface area contributed by atoms with Crippen molar-refractivity contribution in [2.45, 2.75) is 37.8 Å². The summed E-state index contributed by atoms with van der Waals surface area (Å²) in [6, 6.07) is 17.0. The molecule has 2 nitrogen and oxygen atoms in total. The normalized spacial score (nSPS) is 17.5. The van der Waals surface area contributed by atoms with Crippen molar-refractivity contribution in [1.29, 1.82) is 0 Å². The summed E-state index contributed by atoms with van der Waals surface area (Å²) in [6.07, 6.45) is 6.93. The monoisotopic (exact) mass is 252 g/mol. The minimum atomic E-state index is 0.152. The van der Waals surface area contributed by atoms with Crippen molar-refractivity contribution in [2.75, 3.05) is 0 Å². The molecule has 19 heavy (non-hydrogen) atoms. The fourth-order valence-corrected chi connectivity index (χ4v) is 3.07. The molecule has 1 saturated carbocycles. The van der Waals surface area contributed by atoms with Crippen molar-refractivity contribution in [2.24, 2.45) is 0 Å². The van der Waals surface area contributed by atoms with Crippen molar-refractivity contribution >= 4 is 0 Å². The molecule has 1 aliphatic carbocycles. The van der Waals surface area contributed by atoms with Gasteiger partial charge >= 0.3 is 0 Å². The Labute approximate surface area is 114 Å². The van der Waals surface area contributed by atoms with Gasteiger partial charge in [-0.1, -0.05) is 49.2 Å². The second kappa shape index (κ2) is 5.54. The van der Waals surface area contributed by atoms with E-state index < -0.39 is 0 Å². The van der Waals surface area contributed by atoms with Crippen LogP contribution in [0.25, 0.3) is 0 Å².